The molecule has 7 heteroatoms. The van der Waals surface area contributed by atoms with E-state index < -0.39 is 41.9 Å². The zero-order chi connectivity index (χ0) is 13.2. The van der Waals surface area contributed by atoms with Crippen LogP contribution in [-0.4, -0.2) is 55.9 Å². The number of hydrogen-bond donors (Lipinski definition) is 5. The molecule has 0 fully saturated rings. The van der Waals surface area contributed by atoms with E-state index in [1.807, 2.05) is 0 Å². The van der Waals surface area contributed by atoms with Crippen molar-refractivity contribution in [3.05, 3.63) is 11.5 Å². The van der Waals surface area contributed by atoms with Gasteiger partial charge in [0.25, 0.3) is 0 Å². The molecule has 0 amide bonds. The van der Waals surface area contributed by atoms with Crippen LogP contribution in [0.4, 0.5) is 0 Å². The van der Waals surface area contributed by atoms with Gasteiger partial charge in [-0.2, -0.15) is 0 Å². The molecular formula is C10H16O7. The molecule has 5 N–H and O–H groups in total. The molecule has 1 heterocycles. The summed E-state index contributed by atoms with van der Waals surface area (Å²) in [5.74, 6) is -3.07. The Bertz CT molecular complexity index is 338. The van der Waals surface area contributed by atoms with Gasteiger partial charge in [-0.15, -0.1) is 0 Å². The molecule has 0 bridgehead atoms. The Morgan fingerprint density at radius 1 is 1.35 bits per heavy atom. The predicted molar refractivity (Wildman–Crippen MR) is 55.1 cm³/mol. The Kier molecular flexibility index (Phi) is 3.97. The first-order chi connectivity index (χ1) is 7.89. The van der Waals surface area contributed by atoms with Crippen molar-refractivity contribution in [2.45, 2.75) is 37.6 Å². The molecule has 0 saturated carbocycles. The van der Waals surface area contributed by atoms with Gasteiger partial charge in [0.1, 0.15) is 6.10 Å². The topological polar surface area (TPSA) is 127 Å². The minimum absolute atomic E-state index is 0.297. The maximum absolute atomic E-state index is 11.1. The van der Waals surface area contributed by atoms with Gasteiger partial charge in [-0.05, 0) is 6.42 Å². The number of rotatable bonds is 5. The van der Waals surface area contributed by atoms with Crippen molar-refractivity contribution in [1.82, 2.24) is 0 Å². The lowest BCUT2D eigenvalue weighted by Crippen LogP contribution is -2.49. The largest absolute Gasteiger partial charge is 0.505 e. The SMILES string of the molecule is CCC(O)C[C@]1([C@@H](O)CO)OC(=O)C(O)=C1O. The van der Waals surface area contributed by atoms with Gasteiger partial charge in [0.2, 0.25) is 11.4 Å². The molecule has 1 aliphatic rings. The van der Waals surface area contributed by atoms with E-state index in [1.165, 1.54) is 0 Å². The van der Waals surface area contributed by atoms with E-state index in [0.29, 0.717) is 6.42 Å². The normalized spacial score (nSPS) is 28.1. The summed E-state index contributed by atoms with van der Waals surface area (Å²) in [6.45, 7) is 0.863. The van der Waals surface area contributed by atoms with Gasteiger partial charge < -0.3 is 30.3 Å². The summed E-state index contributed by atoms with van der Waals surface area (Å²) in [5, 5.41) is 46.9. The van der Waals surface area contributed by atoms with Crippen LogP contribution in [0, 0.1) is 0 Å². The van der Waals surface area contributed by atoms with E-state index in [-0.39, 0.29) is 6.42 Å². The molecule has 0 aliphatic carbocycles. The molecule has 1 aliphatic heterocycles. The molecule has 0 saturated heterocycles. The first-order valence-electron chi connectivity index (χ1n) is 5.22. The smallest absolute Gasteiger partial charge is 0.378 e. The number of carbonyl (C=O) groups is 1. The number of aliphatic hydroxyl groups is 5. The highest BCUT2D eigenvalue weighted by atomic mass is 16.6. The Morgan fingerprint density at radius 2 is 1.94 bits per heavy atom. The van der Waals surface area contributed by atoms with E-state index in [9.17, 15) is 25.2 Å². The van der Waals surface area contributed by atoms with Gasteiger partial charge in [-0.3, -0.25) is 0 Å². The second-order valence-corrected chi connectivity index (χ2v) is 3.94. The highest BCUT2D eigenvalue weighted by Crippen LogP contribution is 2.37. The zero-order valence-electron chi connectivity index (χ0n) is 9.33. The van der Waals surface area contributed by atoms with E-state index in [2.05, 4.69) is 0 Å². The van der Waals surface area contributed by atoms with Crippen molar-refractivity contribution in [3.63, 3.8) is 0 Å². The first-order valence-corrected chi connectivity index (χ1v) is 5.22. The van der Waals surface area contributed by atoms with Crippen LogP contribution < -0.4 is 0 Å². The van der Waals surface area contributed by atoms with Gasteiger partial charge in [-0.25, -0.2) is 4.79 Å². The van der Waals surface area contributed by atoms with Crippen LogP contribution in [-0.2, 0) is 9.53 Å². The highest BCUT2D eigenvalue weighted by Gasteiger charge is 2.54. The second kappa shape index (κ2) is 4.91. The van der Waals surface area contributed by atoms with Crippen molar-refractivity contribution in [3.8, 4) is 0 Å². The van der Waals surface area contributed by atoms with Crippen LogP contribution in [0.5, 0.6) is 0 Å². The van der Waals surface area contributed by atoms with Crippen molar-refractivity contribution in [2.24, 2.45) is 0 Å². The Balaban J connectivity index is 3.09. The van der Waals surface area contributed by atoms with Crippen LogP contribution in [0.2, 0.25) is 0 Å². The van der Waals surface area contributed by atoms with E-state index in [0.717, 1.165) is 0 Å². The number of carbonyl (C=O) groups excluding carboxylic acids is 1. The summed E-state index contributed by atoms with van der Waals surface area (Å²) >= 11 is 0. The summed E-state index contributed by atoms with van der Waals surface area (Å²) in [4.78, 5) is 11.1. The molecule has 17 heavy (non-hydrogen) atoms. The Labute approximate surface area is 97.6 Å². The fourth-order valence-corrected chi connectivity index (χ4v) is 1.70. The Hall–Kier alpha value is -1.31. The van der Waals surface area contributed by atoms with Crippen LogP contribution in [0.1, 0.15) is 19.8 Å². The lowest BCUT2D eigenvalue weighted by Gasteiger charge is -2.32. The summed E-state index contributed by atoms with van der Waals surface area (Å²) < 4.78 is 4.72. The third kappa shape index (κ3) is 2.21. The maximum atomic E-state index is 11.1. The molecular weight excluding hydrogens is 232 g/mol. The number of esters is 1. The standard InChI is InChI=1S/C10H16O7/c1-2-5(12)3-10(6(13)4-11)8(15)7(14)9(16)17-10/h5-6,11-15H,2-4H2,1H3/t5?,6-,10+/m0/s1. The molecule has 1 rings (SSSR count). The number of ether oxygens (including phenoxy) is 1. The molecule has 1 unspecified atom stereocenters. The molecule has 0 aromatic carbocycles. The van der Waals surface area contributed by atoms with Gasteiger partial charge in [-0.1, -0.05) is 6.92 Å². The molecule has 3 atom stereocenters. The lowest BCUT2D eigenvalue weighted by molar-refractivity contribution is -0.168. The maximum Gasteiger partial charge on any atom is 0.378 e. The van der Waals surface area contributed by atoms with Crippen molar-refractivity contribution >= 4 is 5.97 Å². The van der Waals surface area contributed by atoms with Gasteiger partial charge in [0.05, 0.1) is 12.7 Å². The molecule has 0 spiro atoms. The minimum Gasteiger partial charge on any atom is -0.505 e. The average molecular weight is 248 g/mol. The fourth-order valence-electron chi connectivity index (χ4n) is 1.70. The zero-order valence-corrected chi connectivity index (χ0v) is 9.33. The number of cyclic esters (lactones) is 1. The molecule has 7 nitrogen and oxygen atoms in total. The summed E-state index contributed by atoms with van der Waals surface area (Å²) in [5.41, 5.74) is -1.98. The van der Waals surface area contributed by atoms with E-state index >= 15 is 0 Å². The van der Waals surface area contributed by atoms with Crippen LogP contribution in [0.3, 0.4) is 0 Å². The first kappa shape index (κ1) is 13.8. The van der Waals surface area contributed by atoms with Gasteiger partial charge >= 0.3 is 5.97 Å². The third-order valence-corrected chi connectivity index (χ3v) is 2.81. The lowest BCUT2D eigenvalue weighted by atomic mass is 9.88. The monoisotopic (exact) mass is 248 g/mol. The molecule has 0 aromatic heterocycles. The van der Waals surface area contributed by atoms with Crippen molar-refractivity contribution < 1.29 is 35.1 Å². The third-order valence-electron chi connectivity index (χ3n) is 2.81. The van der Waals surface area contributed by atoms with Crippen molar-refractivity contribution in [1.29, 1.82) is 0 Å². The van der Waals surface area contributed by atoms with E-state index in [1.54, 1.807) is 6.92 Å². The highest BCUT2D eigenvalue weighted by molar-refractivity contribution is 5.90. The van der Waals surface area contributed by atoms with Crippen LogP contribution in [0.25, 0.3) is 0 Å². The van der Waals surface area contributed by atoms with Gasteiger partial charge in [0.15, 0.2) is 5.76 Å². The summed E-state index contributed by atoms with van der Waals surface area (Å²) in [6, 6.07) is 0. The molecule has 98 valence electrons. The van der Waals surface area contributed by atoms with Gasteiger partial charge in [0, 0.05) is 6.42 Å². The van der Waals surface area contributed by atoms with Crippen LogP contribution in [0.15, 0.2) is 11.5 Å². The quantitative estimate of drug-likeness (QED) is 0.400. The number of aliphatic hydroxyl groups excluding tert-OH is 5. The second-order valence-electron chi connectivity index (χ2n) is 3.94. The summed E-state index contributed by atoms with van der Waals surface area (Å²) in [6.07, 6.45) is -2.60. The Morgan fingerprint density at radius 3 is 2.29 bits per heavy atom. The fraction of sp³-hybridized carbons (Fsp3) is 0.700. The van der Waals surface area contributed by atoms with E-state index in [4.69, 9.17) is 9.84 Å². The number of hydrogen-bond acceptors (Lipinski definition) is 7. The van der Waals surface area contributed by atoms with Crippen LogP contribution >= 0.6 is 0 Å². The molecule has 0 radical (unpaired) electrons. The summed E-state index contributed by atoms with van der Waals surface area (Å²) in [7, 11) is 0. The molecule has 0 aromatic rings. The van der Waals surface area contributed by atoms with Crippen molar-refractivity contribution in [2.75, 3.05) is 6.61 Å². The average Bonchev–Trinajstić information content (AvgIpc) is 2.53. The predicted octanol–water partition coefficient (Wildman–Crippen LogP) is -0.876. The minimum atomic E-state index is -1.98.